The van der Waals surface area contributed by atoms with E-state index in [1.165, 1.54) is 0 Å². The Labute approximate surface area is 107 Å². The molecule has 0 bridgehead atoms. The Morgan fingerprint density at radius 3 is 1.56 bits per heavy atom. The van der Waals surface area contributed by atoms with E-state index in [2.05, 4.69) is 10.6 Å². The first-order valence-electron chi connectivity index (χ1n) is 5.86. The molecule has 0 spiro atoms. The zero-order valence-electron chi connectivity index (χ0n) is 10.5. The molecule has 2 rings (SSSR count). The van der Waals surface area contributed by atoms with E-state index in [0.29, 0.717) is 0 Å². The van der Waals surface area contributed by atoms with Gasteiger partial charge < -0.3 is 10.6 Å². The average molecular weight is 240 g/mol. The van der Waals surface area contributed by atoms with Crippen LogP contribution < -0.4 is 10.6 Å². The quantitative estimate of drug-likeness (QED) is 0.820. The summed E-state index contributed by atoms with van der Waals surface area (Å²) in [6, 6.07) is 15.2. The smallest absolute Gasteiger partial charge is 0.307 e. The number of carbonyl (C=O) groups is 1. The number of nitrogens with one attached hydrogen (secondary N) is 2. The minimum absolute atomic E-state index is 0.224. The fourth-order valence-electron chi connectivity index (χ4n) is 1.70. The molecule has 18 heavy (non-hydrogen) atoms. The van der Waals surface area contributed by atoms with Crippen LogP contribution in [0.1, 0.15) is 11.1 Å². The van der Waals surface area contributed by atoms with E-state index in [4.69, 9.17) is 0 Å². The minimum atomic E-state index is -0.224. The number of anilines is 2. The molecule has 0 fully saturated rings. The summed E-state index contributed by atoms with van der Waals surface area (Å²) in [5.74, 6) is 0. The second kappa shape index (κ2) is 5.36. The Kier molecular flexibility index (Phi) is 3.63. The maximum Gasteiger partial charge on any atom is 0.323 e. The highest BCUT2D eigenvalue weighted by Crippen LogP contribution is 2.16. The fraction of sp³-hybridized carbons (Fsp3) is 0.133. The molecule has 0 aliphatic heterocycles. The Bertz CT molecular complexity index is 514. The van der Waals surface area contributed by atoms with Crippen LogP contribution in [0.3, 0.4) is 0 Å². The van der Waals surface area contributed by atoms with Gasteiger partial charge in [-0.15, -0.1) is 0 Å². The molecule has 0 atom stereocenters. The predicted octanol–water partition coefficient (Wildman–Crippen LogP) is 3.95. The maximum absolute atomic E-state index is 11.9. The van der Waals surface area contributed by atoms with Gasteiger partial charge in [0, 0.05) is 11.4 Å². The Morgan fingerprint density at radius 1 is 0.778 bits per heavy atom. The first-order chi connectivity index (χ1) is 8.66. The summed E-state index contributed by atoms with van der Waals surface area (Å²) in [7, 11) is 0. The first-order valence-corrected chi connectivity index (χ1v) is 5.86. The summed E-state index contributed by atoms with van der Waals surface area (Å²) in [4.78, 5) is 11.9. The van der Waals surface area contributed by atoms with Crippen LogP contribution in [0.25, 0.3) is 0 Å². The van der Waals surface area contributed by atoms with Crippen molar-refractivity contribution in [3.05, 3.63) is 59.7 Å². The highest BCUT2D eigenvalue weighted by Gasteiger charge is 2.05. The molecule has 0 aromatic heterocycles. The zero-order chi connectivity index (χ0) is 13.0. The number of amides is 2. The Balaban J connectivity index is 2.06. The first kappa shape index (κ1) is 12.2. The van der Waals surface area contributed by atoms with Crippen molar-refractivity contribution in [2.24, 2.45) is 0 Å². The molecule has 3 nitrogen and oxygen atoms in total. The second-order valence-corrected chi connectivity index (χ2v) is 4.21. The second-order valence-electron chi connectivity index (χ2n) is 4.21. The molecule has 0 saturated heterocycles. The van der Waals surface area contributed by atoms with E-state index >= 15 is 0 Å². The molecule has 0 heterocycles. The van der Waals surface area contributed by atoms with Crippen LogP contribution in [0.5, 0.6) is 0 Å². The highest BCUT2D eigenvalue weighted by atomic mass is 16.2. The maximum atomic E-state index is 11.9. The SMILES string of the molecule is Cc1ccccc1NC(=O)Nc1ccccc1C. The van der Waals surface area contributed by atoms with Crippen LogP contribution in [-0.4, -0.2) is 6.03 Å². The van der Waals surface area contributed by atoms with Crippen LogP contribution in [0.4, 0.5) is 16.2 Å². The topological polar surface area (TPSA) is 41.1 Å². The van der Waals surface area contributed by atoms with Crippen molar-refractivity contribution < 1.29 is 4.79 Å². The van der Waals surface area contributed by atoms with Gasteiger partial charge in [0.15, 0.2) is 0 Å². The molecule has 0 unspecified atom stereocenters. The summed E-state index contributed by atoms with van der Waals surface area (Å²) < 4.78 is 0. The fourth-order valence-corrected chi connectivity index (χ4v) is 1.70. The van der Waals surface area contributed by atoms with Crippen LogP contribution >= 0.6 is 0 Å². The molecule has 3 heteroatoms. The van der Waals surface area contributed by atoms with E-state index < -0.39 is 0 Å². The third-order valence-electron chi connectivity index (χ3n) is 2.79. The lowest BCUT2D eigenvalue weighted by Gasteiger charge is -2.11. The van der Waals surface area contributed by atoms with Crippen molar-refractivity contribution >= 4 is 17.4 Å². The highest BCUT2D eigenvalue weighted by molar-refractivity contribution is 6.00. The van der Waals surface area contributed by atoms with E-state index in [9.17, 15) is 4.79 Å². The number of para-hydroxylation sites is 2. The number of benzene rings is 2. The van der Waals surface area contributed by atoms with Crippen molar-refractivity contribution in [1.82, 2.24) is 0 Å². The standard InChI is InChI=1S/C15H16N2O/c1-11-7-3-5-9-13(11)16-15(18)17-14-10-6-4-8-12(14)2/h3-10H,1-2H3,(H2,16,17,18). The average Bonchev–Trinajstić information content (AvgIpc) is 2.35. The van der Waals surface area contributed by atoms with Crippen LogP contribution in [0.2, 0.25) is 0 Å². The molecular weight excluding hydrogens is 224 g/mol. The predicted molar refractivity (Wildman–Crippen MR) is 75.0 cm³/mol. The zero-order valence-corrected chi connectivity index (χ0v) is 10.5. The molecule has 0 aliphatic rings. The summed E-state index contributed by atoms with van der Waals surface area (Å²) in [6.45, 7) is 3.92. The van der Waals surface area contributed by atoms with Gasteiger partial charge in [-0.2, -0.15) is 0 Å². The lowest BCUT2D eigenvalue weighted by atomic mass is 10.2. The van der Waals surface area contributed by atoms with Crippen LogP contribution in [0, 0.1) is 13.8 Å². The van der Waals surface area contributed by atoms with Gasteiger partial charge in [0.1, 0.15) is 0 Å². The summed E-state index contributed by atoms with van der Waals surface area (Å²) in [6.07, 6.45) is 0. The number of rotatable bonds is 2. The van der Waals surface area contributed by atoms with Crippen molar-refractivity contribution in [1.29, 1.82) is 0 Å². The summed E-state index contributed by atoms with van der Waals surface area (Å²) in [5, 5.41) is 5.67. The van der Waals surface area contributed by atoms with Crippen molar-refractivity contribution in [3.8, 4) is 0 Å². The van der Waals surface area contributed by atoms with Gasteiger partial charge >= 0.3 is 6.03 Å². The van der Waals surface area contributed by atoms with Crippen LogP contribution in [-0.2, 0) is 0 Å². The summed E-state index contributed by atoms with van der Waals surface area (Å²) in [5.41, 5.74) is 3.72. The van der Waals surface area contributed by atoms with E-state index in [1.807, 2.05) is 62.4 Å². The van der Waals surface area contributed by atoms with Gasteiger partial charge in [-0.05, 0) is 37.1 Å². The molecule has 0 aliphatic carbocycles. The Hall–Kier alpha value is -2.29. The lowest BCUT2D eigenvalue weighted by molar-refractivity contribution is 0.262. The molecule has 2 aromatic carbocycles. The number of urea groups is 1. The molecule has 2 aromatic rings. The van der Waals surface area contributed by atoms with Gasteiger partial charge in [0.05, 0.1) is 0 Å². The van der Waals surface area contributed by atoms with Gasteiger partial charge in [-0.25, -0.2) is 4.79 Å². The molecule has 2 amide bonds. The van der Waals surface area contributed by atoms with E-state index in [0.717, 1.165) is 22.5 Å². The number of aryl methyl sites for hydroxylation is 2. The third kappa shape index (κ3) is 2.88. The number of hydrogen-bond donors (Lipinski definition) is 2. The molecule has 92 valence electrons. The lowest BCUT2D eigenvalue weighted by Crippen LogP contribution is -2.20. The normalized spacial score (nSPS) is 9.89. The monoisotopic (exact) mass is 240 g/mol. The minimum Gasteiger partial charge on any atom is -0.307 e. The van der Waals surface area contributed by atoms with Crippen molar-refractivity contribution in [3.63, 3.8) is 0 Å². The van der Waals surface area contributed by atoms with Gasteiger partial charge in [-0.3, -0.25) is 0 Å². The van der Waals surface area contributed by atoms with E-state index in [-0.39, 0.29) is 6.03 Å². The number of carbonyl (C=O) groups excluding carboxylic acids is 1. The van der Waals surface area contributed by atoms with Gasteiger partial charge in [0.25, 0.3) is 0 Å². The summed E-state index contributed by atoms with van der Waals surface area (Å²) >= 11 is 0. The molecular formula is C15H16N2O. The Morgan fingerprint density at radius 2 is 1.17 bits per heavy atom. The van der Waals surface area contributed by atoms with Crippen molar-refractivity contribution in [2.45, 2.75) is 13.8 Å². The van der Waals surface area contributed by atoms with Gasteiger partial charge in [-0.1, -0.05) is 36.4 Å². The van der Waals surface area contributed by atoms with Crippen LogP contribution in [0.15, 0.2) is 48.5 Å². The van der Waals surface area contributed by atoms with E-state index in [1.54, 1.807) is 0 Å². The third-order valence-corrected chi connectivity index (χ3v) is 2.79. The number of hydrogen-bond acceptors (Lipinski definition) is 1. The molecule has 0 saturated carbocycles. The largest absolute Gasteiger partial charge is 0.323 e. The molecule has 0 radical (unpaired) electrons. The van der Waals surface area contributed by atoms with Crippen molar-refractivity contribution in [2.75, 3.05) is 10.6 Å². The van der Waals surface area contributed by atoms with Gasteiger partial charge in [0.2, 0.25) is 0 Å². The molecule has 2 N–H and O–H groups in total.